The van der Waals surface area contributed by atoms with Gasteiger partial charge in [0.05, 0.1) is 5.69 Å². The van der Waals surface area contributed by atoms with E-state index in [2.05, 4.69) is 20.5 Å². The lowest BCUT2D eigenvalue weighted by molar-refractivity contribution is -0.122. The summed E-state index contributed by atoms with van der Waals surface area (Å²) in [7, 11) is 1.84. The second-order valence-corrected chi connectivity index (χ2v) is 3.99. The number of aryl methyl sites for hydroxylation is 2. The number of aromatic nitrogens is 5. The maximum absolute atomic E-state index is 11.6. The largest absolute Gasteiger partial charge is 0.367 e. The summed E-state index contributed by atoms with van der Waals surface area (Å²) in [5, 5.41) is 10.8. The zero-order valence-corrected chi connectivity index (χ0v) is 10.3. The molecule has 0 unspecified atom stereocenters. The Morgan fingerprint density at radius 1 is 1.50 bits per heavy atom. The fourth-order valence-electron chi connectivity index (χ4n) is 1.60. The van der Waals surface area contributed by atoms with Gasteiger partial charge in [0.1, 0.15) is 12.9 Å². The molecule has 18 heavy (non-hydrogen) atoms. The van der Waals surface area contributed by atoms with Crippen LogP contribution in [-0.2, 0) is 24.9 Å². The highest BCUT2D eigenvalue weighted by molar-refractivity contribution is 5.75. The molecule has 3 N–H and O–H groups in total. The summed E-state index contributed by atoms with van der Waals surface area (Å²) in [6, 6.07) is 0. The van der Waals surface area contributed by atoms with Gasteiger partial charge >= 0.3 is 0 Å². The van der Waals surface area contributed by atoms with E-state index in [-0.39, 0.29) is 18.4 Å². The molecule has 2 aromatic heterocycles. The number of carbonyl (C=O) groups excluding carboxylic acids is 1. The summed E-state index contributed by atoms with van der Waals surface area (Å²) in [6.45, 7) is 2.45. The second kappa shape index (κ2) is 4.86. The van der Waals surface area contributed by atoms with Crippen LogP contribution < -0.4 is 11.1 Å². The van der Waals surface area contributed by atoms with Gasteiger partial charge in [0.15, 0.2) is 0 Å². The van der Waals surface area contributed by atoms with Crippen molar-refractivity contribution >= 4 is 11.9 Å². The minimum Gasteiger partial charge on any atom is -0.367 e. The van der Waals surface area contributed by atoms with Gasteiger partial charge in [0, 0.05) is 25.4 Å². The van der Waals surface area contributed by atoms with E-state index < -0.39 is 0 Å². The Morgan fingerprint density at radius 2 is 2.28 bits per heavy atom. The van der Waals surface area contributed by atoms with Gasteiger partial charge in [-0.05, 0) is 6.92 Å². The molecule has 0 aliphatic carbocycles. The summed E-state index contributed by atoms with van der Waals surface area (Å²) >= 11 is 0. The molecular formula is C10H15N7O. The van der Waals surface area contributed by atoms with Gasteiger partial charge in [-0.15, -0.1) is 5.10 Å². The Labute approximate surface area is 104 Å². The molecule has 0 radical (unpaired) electrons. The van der Waals surface area contributed by atoms with Crippen LogP contribution in [-0.4, -0.2) is 30.5 Å². The van der Waals surface area contributed by atoms with Crippen LogP contribution in [0.3, 0.4) is 0 Å². The van der Waals surface area contributed by atoms with E-state index in [1.807, 2.05) is 20.2 Å². The number of carbonyl (C=O) groups is 1. The zero-order valence-electron chi connectivity index (χ0n) is 10.3. The molecule has 96 valence electrons. The fourth-order valence-corrected chi connectivity index (χ4v) is 1.60. The molecular weight excluding hydrogens is 234 g/mol. The quantitative estimate of drug-likeness (QED) is 0.739. The summed E-state index contributed by atoms with van der Waals surface area (Å²) < 4.78 is 3.11. The molecule has 0 fully saturated rings. The molecule has 2 rings (SSSR count). The average molecular weight is 249 g/mol. The van der Waals surface area contributed by atoms with Crippen molar-refractivity contribution in [2.24, 2.45) is 7.05 Å². The lowest BCUT2D eigenvalue weighted by Gasteiger charge is -2.03. The molecule has 0 aliphatic rings. The van der Waals surface area contributed by atoms with Crippen molar-refractivity contribution < 1.29 is 4.79 Å². The molecule has 0 saturated carbocycles. The number of nitrogen functional groups attached to an aromatic ring is 1. The number of hydrogen-bond acceptors (Lipinski definition) is 5. The number of nitrogens with zero attached hydrogens (tertiary/aromatic N) is 5. The molecule has 0 aliphatic heterocycles. The summed E-state index contributed by atoms with van der Waals surface area (Å²) in [4.78, 5) is 15.4. The number of amides is 1. The highest BCUT2D eigenvalue weighted by Crippen LogP contribution is 2.03. The number of anilines is 1. The van der Waals surface area contributed by atoms with Gasteiger partial charge in [-0.25, -0.2) is 9.67 Å². The molecule has 2 heterocycles. The molecule has 0 bridgehead atoms. The Morgan fingerprint density at radius 3 is 2.83 bits per heavy atom. The minimum atomic E-state index is -0.150. The van der Waals surface area contributed by atoms with Crippen molar-refractivity contribution in [2.75, 3.05) is 5.73 Å². The standard InChI is InChI=1S/C10H15N7O/c1-7-8(4-16(2)14-7)3-12-9(18)5-17-6-13-10(11)15-17/h4,6H,3,5H2,1-2H3,(H2,11,15)(H,12,18). The van der Waals surface area contributed by atoms with Crippen molar-refractivity contribution in [3.8, 4) is 0 Å². The van der Waals surface area contributed by atoms with E-state index in [1.54, 1.807) is 4.68 Å². The molecule has 0 atom stereocenters. The SMILES string of the molecule is Cc1nn(C)cc1CNC(=O)Cn1cnc(N)n1. The molecule has 0 saturated heterocycles. The lowest BCUT2D eigenvalue weighted by atomic mass is 10.2. The van der Waals surface area contributed by atoms with E-state index >= 15 is 0 Å². The predicted molar refractivity (Wildman–Crippen MR) is 64.2 cm³/mol. The molecule has 0 aromatic carbocycles. The first-order valence-corrected chi connectivity index (χ1v) is 5.45. The third kappa shape index (κ3) is 2.84. The zero-order chi connectivity index (χ0) is 13.1. The van der Waals surface area contributed by atoms with Gasteiger partial charge in [0.25, 0.3) is 0 Å². The predicted octanol–water partition coefficient (Wildman–Crippen LogP) is -0.781. The van der Waals surface area contributed by atoms with Gasteiger partial charge in [-0.1, -0.05) is 0 Å². The fraction of sp³-hybridized carbons (Fsp3) is 0.400. The first kappa shape index (κ1) is 12.1. The van der Waals surface area contributed by atoms with E-state index in [1.165, 1.54) is 11.0 Å². The lowest BCUT2D eigenvalue weighted by Crippen LogP contribution is -2.27. The normalized spacial score (nSPS) is 10.6. The molecule has 2 aromatic rings. The van der Waals surface area contributed by atoms with Crippen LogP contribution in [0.15, 0.2) is 12.5 Å². The van der Waals surface area contributed by atoms with E-state index in [9.17, 15) is 4.79 Å². The maximum atomic E-state index is 11.6. The van der Waals surface area contributed by atoms with Crippen LogP contribution >= 0.6 is 0 Å². The molecule has 8 heteroatoms. The number of hydrogen-bond donors (Lipinski definition) is 2. The van der Waals surface area contributed by atoms with Crippen molar-refractivity contribution in [1.82, 2.24) is 29.9 Å². The summed E-state index contributed by atoms with van der Waals surface area (Å²) in [5.74, 6) is 0.00839. The maximum Gasteiger partial charge on any atom is 0.242 e. The smallest absolute Gasteiger partial charge is 0.242 e. The second-order valence-electron chi connectivity index (χ2n) is 3.99. The van der Waals surface area contributed by atoms with Crippen molar-refractivity contribution in [1.29, 1.82) is 0 Å². The first-order chi connectivity index (χ1) is 8.54. The van der Waals surface area contributed by atoms with Crippen LogP contribution in [0.25, 0.3) is 0 Å². The summed E-state index contributed by atoms with van der Waals surface area (Å²) in [6.07, 6.45) is 3.30. The van der Waals surface area contributed by atoms with Crippen LogP contribution in [0.4, 0.5) is 5.95 Å². The highest BCUT2D eigenvalue weighted by Gasteiger charge is 2.07. The average Bonchev–Trinajstić information content (AvgIpc) is 2.82. The van der Waals surface area contributed by atoms with E-state index in [4.69, 9.17) is 5.73 Å². The van der Waals surface area contributed by atoms with Crippen molar-refractivity contribution in [3.63, 3.8) is 0 Å². The Hall–Kier alpha value is -2.38. The third-order valence-corrected chi connectivity index (χ3v) is 2.45. The Balaban J connectivity index is 1.87. The number of nitrogens with two attached hydrogens (primary N) is 1. The van der Waals surface area contributed by atoms with Gasteiger partial charge in [0.2, 0.25) is 11.9 Å². The molecule has 8 nitrogen and oxygen atoms in total. The van der Waals surface area contributed by atoms with Gasteiger partial charge in [-0.3, -0.25) is 9.48 Å². The van der Waals surface area contributed by atoms with Crippen LogP contribution in [0.1, 0.15) is 11.3 Å². The molecule has 0 spiro atoms. The first-order valence-electron chi connectivity index (χ1n) is 5.45. The highest BCUT2D eigenvalue weighted by atomic mass is 16.2. The van der Waals surface area contributed by atoms with Crippen molar-refractivity contribution in [2.45, 2.75) is 20.0 Å². The van der Waals surface area contributed by atoms with Crippen LogP contribution in [0.5, 0.6) is 0 Å². The topological polar surface area (TPSA) is 104 Å². The number of nitrogens with one attached hydrogen (secondary N) is 1. The van der Waals surface area contributed by atoms with E-state index in [0.29, 0.717) is 6.54 Å². The Kier molecular flexibility index (Phi) is 3.26. The van der Waals surface area contributed by atoms with Gasteiger partial charge < -0.3 is 11.1 Å². The van der Waals surface area contributed by atoms with Gasteiger partial charge in [-0.2, -0.15) is 5.10 Å². The summed E-state index contributed by atoms with van der Waals surface area (Å²) in [5.41, 5.74) is 7.25. The number of rotatable bonds is 4. The minimum absolute atomic E-state index is 0.101. The third-order valence-electron chi connectivity index (χ3n) is 2.45. The van der Waals surface area contributed by atoms with Crippen LogP contribution in [0, 0.1) is 6.92 Å². The molecule has 1 amide bonds. The Bertz CT molecular complexity index is 556. The van der Waals surface area contributed by atoms with Crippen molar-refractivity contribution in [3.05, 3.63) is 23.8 Å². The monoisotopic (exact) mass is 249 g/mol. The van der Waals surface area contributed by atoms with Crippen LogP contribution in [0.2, 0.25) is 0 Å². The van der Waals surface area contributed by atoms with E-state index in [0.717, 1.165) is 11.3 Å².